The average molecular weight is 995 g/mol. The third-order valence-corrected chi connectivity index (χ3v) is 14.1. The number of hydrogen-bond acceptors (Lipinski definition) is 18. The summed E-state index contributed by atoms with van der Waals surface area (Å²) in [6.45, 7) is 3.21. The lowest BCUT2D eigenvalue weighted by molar-refractivity contribution is -0.384. The lowest BCUT2D eigenvalue weighted by Crippen LogP contribution is -2.64. The molecule has 1 amide bonds. The Morgan fingerprint density at radius 1 is 0.887 bits per heavy atom. The van der Waals surface area contributed by atoms with Gasteiger partial charge in [-0.3, -0.25) is 14.9 Å². The highest BCUT2D eigenvalue weighted by molar-refractivity contribution is 5.91. The molecule has 7 N–H and O–H groups in total. The maximum absolute atomic E-state index is 14.2. The van der Waals surface area contributed by atoms with E-state index >= 15 is 0 Å². The number of nitro groups is 1. The van der Waals surface area contributed by atoms with Crippen molar-refractivity contribution in [2.75, 3.05) is 11.9 Å². The maximum Gasteiger partial charge on any atom is 0.338 e. The van der Waals surface area contributed by atoms with Crippen LogP contribution in [0.2, 0.25) is 0 Å². The van der Waals surface area contributed by atoms with Gasteiger partial charge in [0.2, 0.25) is 5.91 Å². The number of esters is 1. The number of aryl methyl sites for hydroxylation is 2. The molecule has 15 atom stereocenters. The fraction of sp³-hybridized carbons (Fsp3) is 0.604. The number of aliphatic hydroxyl groups is 5. The molecule has 23 nitrogen and oxygen atoms in total. The molecule has 23 heteroatoms. The number of nitrogens with one attached hydrogen (secondary N) is 1. The number of carboxylic acid groups (broad SMARTS) is 1. The van der Waals surface area contributed by atoms with Crippen molar-refractivity contribution in [2.45, 2.75) is 158 Å². The molecule has 386 valence electrons. The molecular weight excluding hydrogens is 933 g/mol. The third kappa shape index (κ3) is 12.1. The number of rotatable bonds is 18. The number of amides is 1. The zero-order chi connectivity index (χ0) is 50.5. The SMILES string of the molecule is C[C@@H]1O[C@@H](O[C@@H]2[C@@H](C)C[C@@H](C(=O)Nc3cn(CCn4ccc5cc([N+](=O)[O-])ccc54)nn3)C[C@H]2O[C@@H]2O[C@H](CO)[C@H](O)[C@H](O[C@@H](CC3CCCCC3)C(=O)O)[C@H]2OC(=O)c2ccccc2)[C@@H](O)[C@H](O)[C@@H]1O. The minimum Gasteiger partial charge on any atom is -0.479 e. The number of nitrogens with zero attached hydrogens (tertiary/aromatic N) is 5. The predicted octanol–water partition coefficient (Wildman–Crippen LogP) is 2.54. The third-order valence-electron chi connectivity index (χ3n) is 14.1. The summed E-state index contributed by atoms with van der Waals surface area (Å²) >= 11 is 0. The molecule has 0 spiro atoms. The number of carbonyl (C=O) groups is 3. The van der Waals surface area contributed by atoms with Crippen LogP contribution in [0.3, 0.4) is 0 Å². The average Bonchev–Trinajstić information content (AvgIpc) is 4.00. The zero-order valence-electron chi connectivity index (χ0n) is 39.3. The minimum atomic E-state index is -1.72. The summed E-state index contributed by atoms with van der Waals surface area (Å²) in [5.74, 6) is -3.94. The van der Waals surface area contributed by atoms with Crippen LogP contribution in [0.15, 0.2) is 67.0 Å². The van der Waals surface area contributed by atoms with Gasteiger partial charge < -0.3 is 68.9 Å². The van der Waals surface area contributed by atoms with Crippen LogP contribution < -0.4 is 5.32 Å². The predicted molar refractivity (Wildman–Crippen MR) is 246 cm³/mol. The van der Waals surface area contributed by atoms with E-state index in [1.165, 1.54) is 35.9 Å². The summed E-state index contributed by atoms with van der Waals surface area (Å²) in [7, 11) is 0. The minimum absolute atomic E-state index is 0.0159. The number of ether oxygens (including phenoxy) is 6. The van der Waals surface area contributed by atoms with Crippen LogP contribution in [0.1, 0.15) is 75.6 Å². The van der Waals surface area contributed by atoms with Crippen molar-refractivity contribution in [2.24, 2.45) is 17.8 Å². The van der Waals surface area contributed by atoms with Crippen molar-refractivity contribution < 1.29 is 78.4 Å². The summed E-state index contributed by atoms with van der Waals surface area (Å²) < 4.78 is 40.8. The molecular formula is C48H62N6O17. The van der Waals surface area contributed by atoms with E-state index in [2.05, 4.69) is 15.6 Å². The first-order valence-corrected chi connectivity index (χ1v) is 24.1. The van der Waals surface area contributed by atoms with Gasteiger partial charge in [-0.1, -0.05) is 62.4 Å². The highest BCUT2D eigenvalue weighted by Crippen LogP contribution is 2.40. The second-order valence-corrected chi connectivity index (χ2v) is 19.1. The lowest BCUT2D eigenvalue weighted by atomic mass is 9.77. The van der Waals surface area contributed by atoms with Crippen LogP contribution in [0, 0.1) is 27.9 Å². The molecule has 2 aromatic carbocycles. The Bertz CT molecular complexity index is 2450. The van der Waals surface area contributed by atoms with E-state index in [0.717, 1.165) is 37.6 Å². The second kappa shape index (κ2) is 22.9. The molecule has 4 aromatic rings. The fourth-order valence-electron chi connectivity index (χ4n) is 10.2. The Hall–Kier alpha value is -5.47. The first kappa shape index (κ1) is 51.9. The molecule has 0 unspecified atom stereocenters. The lowest BCUT2D eigenvalue weighted by Gasteiger charge is -2.48. The number of aliphatic carboxylic acids is 1. The van der Waals surface area contributed by atoms with E-state index < -0.39 is 121 Å². The topological polar surface area (TPSA) is 319 Å². The summed E-state index contributed by atoms with van der Waals surface area (Å²) in [4.78, 5) is 51.7. The van der Waals surface area contributed by atoms with Gasteiger partial charge in [-0.05, 0) is 62.3 Å². The highest BCUT2D eigenvalue weighted by atomic mass is 16.7. The Morgan fingerprint density at radius 2 is 1.65 bits per heavy atom. The standard InChI is InChI=1S/C48H62N6O17/c1-25-19-30(44(60)49-36-23-53(51-50-36)18-17-52-16-15-29-21-31(54(64)65)13-14-32(29)52)22-33(41(25)71-47-40(59)39(58)37(56)26(2)66-47)68-48-43(70-46(63)28-11-7-4-8-12-28)42(38(57)35(24-55)69-48)67-34(45(61)62)20-27-9-5-3-6-10-27/h4,7-8,11-16,21,23,25-27,30,33-35,37-43,47-48,55-59H,3,5-6,9-10,17-20,22,24H2,1-2H3,(H,49,60)(H,61,62)/t25-,26-,30+,33+,34-,35+,37+,38-,39+,40-,41+,42-,43+,47-,48+/m0/s1. The van der Waals surface area contributed by atoms with E-state index in [0.29, 0.717) is 18.5 Å². The second-order valence-electron chi connectivity index (χ2n) is 19.1. The molecule has 0 radical (unpaired) electrons. The van der Waals surface area contributed by atoms with Crippen LogP contribution in [0.5, 0.6) is 0 Å². The normalized spacial score (nSPS) is 32.0. The van der Waals surface area contributed by atoms with Gasteiger partial charge in [0.1, 0.15) is 36.6 Å². The molecule has 2 aromatic heterocycles. The molecule has 4 heterocycles. The number of aromatic nitrogens is 4. The Labute approximate surface area is 407 Å². The number of benzene rings is 2. The number of hydrogen-bond donors (Lipinski definition) is 7. The molecule has 71 heavy (non-hydrogen) atoms. The fourth-order valence-corrected chi connectivity index (χ4v) is 10.2. The van der Waals surface area contributed by atoms with E-state index in [1.54, 1.807) is 49.6 Å². The molecule has 2 saturated heterocycles. The van der Waals surface area contributed by atoms with E-state index in [9.17, 15) is 55.1 Å². The molecule has 2 aliphatic carbocycles. The van der Waals surface area contributed by atoms with Crippen LogP contribution in [0.25, 0.3) is 10.9 Å². The number of aliphatic hydroxyl groups excluding tert-OH is 5. The summed E-state index contributed by atoms with van der Waals surface area (Å²) in [6, 6.07) is 14.3. The molecule has 4 aliphatic rings. The Morgan fingerprint density at radius 3 is 2.37 bits per heavy atom. The van der Waals surface area contributed by atoms with Gasteiger partial charge >= 0.3 is 11.9 Å². The van der Waals surface area contributed by atoms with Crippen LogP contribution in [-0.2, 0) is 51.1 Å². The first-order chi connectivity index (χ1) is 34.1. The smallest absolute Gasteiger partial charge is 0.338 e. The number of non-ortho nitro benzene ring substituents is 1. The van der Waals surface area contributed by atoms with Gasteiger partial charge in [-0.25, -0.2) is 14.3 Å². The maximum atomic E-state index is 14.2. The first-order valence-electron chi connectivity index (χ1n) is 24.1. The summed E-state index contributed by atoms with van der Waals surface area (Å²) in [5.41, 5.74) is 0.867. The molecule has 4 fully saturated rings. The zero-order valence-corrected chi connectivity index (χ0v) is 39.3. The van der Waals surface area contributed by atoms with Gasteiger partial charge in [0.15, 0.2) is 30.6 Å². The monoisotopic (exact) mass is 994 g/mol. The number of anilines is 1. The van der Waals surface area contributed by atoms with Crippen molar-refractivity contribution in [1.82, 2.24) is 19.6 Å². The van der Waals surface area contributed by atoms with E-state index in [4.69, 9.17) is 28.4 Å². The van der Waals surface area contributed by atoms with Crippen molar-refractivity contribution in [3.05, 3.63) is 82.7 Å². The number of carboxylic acids is 1. The highest BCUT2D eigenvalue weighted by Gasteiger charge is 2.54. The largest absolute Gasteiger partial charge is 0.479 e. The van der Waals surface area contributed by atoms with Crippen molar-refractivity contribution in [3.8, 4) is 0 Å². The van der Waals surface area contributed by atoms with Gasteiger partial charge in [-0.15, -0.1) is 5.10 Å². The molecule has 0 bridgehead atoms. The summed E-state index contributed by atoms with van der Waals surface area (Å²) in [5, 5.41) is 88.0. The number of fused-ring (bicyclic) bond motifs is 1. The van der Waals surface area contributed by atoms with Crippen molar-refractivity contribution in [1.29, 1.82) is 0 Å². The van der Waals surface area contributed by atoms with Crippen molar-refractivity contribution in [3.63, 3.8) is 0 Å². The molecule has 8 rings (SSSR count). The summed E-state index contributed by atoms with van der Waals surface area (Å²) in [6.07, 6.45) is -11.2. The van der Waals surface area contributed by atoms with Gasteiger partial charge in [0.25, 0.3) is 5.69 Å². The quantitative estimate of drug-likeness (QED) is 0.0428. The Kier molecular flexibility index (Phi) is 16.8. The van der Waals surface area contributed by atoms with Gasteiger partial charge in [0.05, 0.1) is 48.1 Å². The molecule has 2 saturated carbocycles. The molecule has 2 aliphatic heterocycles. The van der Waals surface area contributed by atoms with E-state index in [-0.39, 0.29) is 42.2 Å². The number of nitro benzene ring substituents is 1. The van der Waals surface area contributed by atoms with Crippen LogP contribution >= 0.6 is 0 Å². The van der Waals surface area contributed by atoms with Crippen LogP contribution in [0.4, 0.5) is 11.5 Å². The van der Waals surface area contributed by atoms with Crippen LogP contribution in [-0.4, -0.2) is 159 Å². The van der Waals surface area contributed by atoms with Crippen molar-refractivity contribution >= 4 is 40.3 Å². The van der Waals surface area contributed by atoms with E-state index in [1.807, 2.05) is 4.57 Å². The number of carbonyl (C=O) groups excluding carboxylic acids is 2. The van der Waals surface area contributed by atoms with Gasteiger partial charge in [0, 0.05) is 41.7 Å². The van der Waals surface area contributed by atoms with Gasteiger partial charge in [-0.2, -0.15) is 0 Å². The Balaban J connectivity index is 1.05.